The summed E-state index contributed by atoms with van der Waals surface area (Å²) in [6.45, 7) is 6.10. The number of nitrogens with one attached hydrogen (secondary N) is 1. The molecule has 1 amide bonds. The Kier molecular flexibility index (Phi) is 5.18. The zero-order valence-electron chi connectivity index (χ0n) is 10.4. The van der Waals surface area contributed by atoms with Crippen LogP contribution in [0.1, 0.15) is 20.3 Å². The van der Waals surface area contributed by atoms with Crippen molar-refractivity contribution in [2.75, 3.05) is 26.8 Å². The van der Waals surface area contributed by atoms with Crippen molar-refractivity contribution in [3.8, 4) is 0 Å². The lowest BCUT2D eigenvalue weighted by Gasteiger charge is -2.27. The molecule has 0 spiro atoms. The summed E-state index contributed by atoms with van der Waals surface area (Å²) >= 11 is 0. The van der Waals surface area contributed by atoms with Crippen LogP contribution >= 0.6 is 0 Å². The van der Waals surface area contributed by atoms with Gasteiger partial charge in [0.25, 0.3) is 0 Å². The predicted molar refractivity (Wildman–Crippen MR) is 63.1 cm³/mol. The smallest absolute Gasteiger partial charge is 0.237 e. The second-order valence-corrected chi connectivity index (χ2v) is 4.59. The first-order valence-corrected chi connectivity index (χ1v) is 5.84. The Hall–Kier alpha value is -0.650. The lowest BCUT2D eigenvalue weighted by molar-refractivity contribution is -0.126. The van der Waals surface area contributed by atoms with Crippen LogP contribution in [-0.2, 0) is 9.53 Å². The lowest BCUT2D eigenvalue weighted by Crippen LogP contribution is -2.46. The number of hydrogen-bond donors (Lipinski definition) is 2. The van der Waals surface area contributed by atoms with Gasteiger partial charge in [-0.1, -0.05) is 0 Å². The van der Waals surface area contributed by atoms with Gasteiger partial charge in [-0.25, -0.2) is 0 Å². The summed E-state index contributed by atoms with van der Waals surface area (Å²) in [5.41, 5.74) is 5.90. The molecule has 1 aliphatic rings. The molecule has 1 rings (SSSR count). The maximum Gasteiger partial charge on any atom is 0.237 e. The van der Waals surface area contributed by atoms with Crippen LogP contribution in [0.3, 0.4) is 0 Å². The van der Waals surface area contributed by atoms with E-state index in [0.29, 0.717) is 19.2 Å². The van der Waals surface area contributed by atoms with E-state index in [1.165, 1.54) is 0 Å². The van der Waals surface area contributed by atoms with Crippen molar-refractivity contribution in [1.82, 2.24) is 10.2 Å². The Labute approximate surface area is 97.3 Å². The van der Waals surface area contributed by atoms with Gasteiger partial charge in [-0.05, 0) is 20.3 Å². The molecule has 0 saturated carbocycles. The van der Waals surface area contributed by atoms with Gasteiger partial charge in [0.1, 0.15) is 0 Å². The summed E-state index contributed by atoms with van der Waals surface area (Å²) in [7, 11) is 1.62. The van der Waals surface area contributed by atoms with Crippen LogP contribution in [0, 0.1) is 0 Å². The largest absolute Gasteiger partial charge is 0.383 e. The molecule has 3 N–H and O–H groups in total. The van der Waals surface area contributed by atoms with Gasteiger partial charge in [-0.15, -0.1) is 0 Å². The van der Waals surface area contributed by atoms with Crippen LogP contribution in [0.4, 0.5) is 0 Å². The van der Waals surface area contributed by atoms with Gasteiger partial charge in [-0.3, -0.25) is 9.69 Å². The average Bonchev–Trinajstić information content (AvgIpc) is 2.61. The van der Waals surface area contributed by atoms with Crippen LogP contribution in [0.5, 0.6) is 0 Å². The van der Waals surface area contributed by atoms with Gasteiger partial charge in [-0.2, -0.15) is 0 Å². The Balaban J connectivity index is 2.46. The van der Waals surface area contributed by atoms with Gasteiger partial charge in [0.2, 0.25) is 5.91 Å². The molecule has 0 aromatic heterocycles. The van der Waals surface area contributed by atoms with Crippen molar-refractivity contribution in [3.63, 3.8) is 0 Å². The van der Waals surface area contributed by atoms with Crippen molar-refractivity contribution >= 4 is 5.91 Å². The molecule has 16 heavy (non-hydrogen) atoms. The molecule has 1 saturated heterocycles. The molecule has 0 aromatic carbocycles. The maximum absolute atomic E-state index is 11.9. The highest BCUT2D eigenvalue weighted by Crippen LogP contribution is 2.19. The molecule has 94 valence electrons. The zero-order chi connectivity index (χ0) is 12.1. The van der Waals surface area contributed by atoms with E-state index in [1.807, 2.05) is 0 Å². The van der Waals surface area contributed by atoms with Crippen molar-refractivity contribution in [3.05, 3.63) is 0 Å². The Morgan fingerprint density at radius 1 is 1.62 bits per heavy atom. The zero-order valence-corrected chi connectivity index (χ0v) is 10.4. The minimum absolute atomic E-state index is 0.0682. The van der Waals surface area contributed by atoms with Crippen LogP contribution < -0.4 is 11.1 Å². The van der Waals surface area contributed by atoms with E-state index >= 15 is 0 Å². The Morgan fingerprint density at radius 2 is 2.31 bits per heavy atom. The molecule has 5 heteroatoms. The monoisotopic (exact) mass is 229 g/mol. The summed E-state index contributed by atoms with van der Waals surface area (Å²) in [5.74, 6) is 0.0682. The molecule has 1 aliphatic heterocycles. The van der Waals surface area contributed by atoms with Gasteiger partial charge in [0, 0.05) is 32.3 Å². The van der Waals surface area contributed by atoms with E-state index in [0.717, 1.165) is 13.0 Å². The van der Waals surface area contributed by atoms with Crippen LogP contribution in [0.25, 0.3) is 0 Å². The number of nitrogens with two attached hydrogens (primary N) is 1. The number of hydrogen-bond acceptors (Lipinski definition) is 4. The molecule has 5 nitrogen and oxygen atoms in total. The molecule has 0 unspecified atom stereocenters. The van der Waals surface area contributed by atoms with Crippen molar-refractivity contribution in [2.45, 2.75) is 38.4 Å². The van der Waals surface area contributed by atoms with Crippen LogP contribution in [-0.4, -0.2) is 55.7 Å². The second kappa shape index (κ2) is 6.18. The van der Waals surface area contributed by atoms with E-state index in [2.05, 4.69) is 24.1 Å². The SMILES string of the molecule is COCCNC(=O)[C@@H]1C[C@@H](N)CN1C(C)C. The first kappa shape index (κ1) is 13.4. The summed E-state index contributed by atoms with van der Waals surface area (Å²) < 4.78 is 4.90. The van der Waals surface area contributed by atoms with Crippen molar-refractivity contribution in [2.24, 2.45) is 5.73 Å². The minimum Gasteiger partial charge on any atom is -0.383 e. The van der Waals surface area contributed by atoms with E-state index in [9.17, 15) is 4.79 Å². The number of ether oxygens (including phenoxy) is 1. The van der Waals surface area contributed by atoms with E-state index in [1.54, 1.807) is 7.11 Å². The third-order valence-corrected chi connectivity index (χ3v) is 2.94. The van der Waals surface area contributed by atoms with Crippen LogP contribution in [0.2, 0.25) is 0 Å². The fourth-order valence-electron chi connectivity index (χ4n) is 2.12. The third-order valence-electron chi connectivity index (χ3n) is 2.94. The third kappa shape index (κ3) is 3.43. The van der Waals surface area contributed by atoms with E-state index in [4.69, 9.17) is 10.5 Å². The summed E-state index contributed by atoms with van der Waals surface area (Å²) in [6, 6.07) is 0.388. The second-order valence-electron chi connectivity index (χ2n) is 4.59. The normalized spacial score (nSPS) is 26.3. The standard InChI is InChI=1S/C11H23N3O2/c1-8(2)14-7-9(12)6-10(14)11(15)13-4-5-16-3/h8-10H,4-7,12H2,1-3H3,(H,13,15)/t9-,10+/m1/s1. The first-order valence-electron chi connectivity index (χ1n) is 5.84. The maximum atomic E-state index is 11.9. The number of carbonyl (C=O) groups excluding carboxylic acids is 1. The Morgan fingerprint density at radius 3 is 2.88 bits per heavy atom. The quantitative estimate of drug-likeness (QED) is 0.627. The highest BCUT2D eigenvalue weighted by atomic mass is 16.5. The van der Waals surface area contributed by atoms with Gasteiger partial charge < -0.3 is 15.8 Å². The number of carbonyl (C=O) groups is 1. The molecule has 2 atom stereocenters. The highest BCUT2D eigenvalue weighted by Gasteiger charge is 2.36. The first-order chi connectivity index (χ1) is 7.56. The number of methoxy groups -OCH3 is 1. The highest BCUT2D eigenvalue weighted by molar-refractivity contribution is 5.82. The minimum atomic E-state index is -0.0770. The summed E-state index contributed by atoms with van der Waals surface area (Å²) in [6.07, 6.45) is 0.747. The summed E-state index contributed by atoms with van der Waals surface area (Å²) in [5, 5.41) is 2.87. The number of rotatable bonds is 5. The Bertz CT molecular complexity index is 233. The predicted octanol–water partition coefficient (Wildman–Crippen LogP) is -0.441. The lowest BCUT2D eigenvalue weighted by atomic mass is 10.1. The van der Waals surface area contributed by atoms with E-state index in [-0.39, 0.29) is 18.0 Å². The topological polar surface area (TPSA) is 67.6 Å². The molecule has 0 radical (unpaired) electrons. The molecule has 0 bridgehead atoms. The number of likely N-dealkylation sites (tertiary alicyclic amines) is 1. The van der Waals surface area contributed by atoms with Gasteiger partial charge in [0.15, 0.2) is 0 Å². The van der Waals surface area contributed by atoms with Gasteiger partial charge in [0.05, 0.1) is 12.6 Å². The van der Waals surface area contributed by atoms with Gasteiger partial charge >= 0.3 is 0 Å². The van der Waals surface area contributed by atoms with Crippen molar-refractivity contribution < 1.29 is 9.53 Å². The van der Waals surface area contributed by atoms with E-state index < -0.39 is 0 Å². The summed E-state index contributed by atoms with van der Waals surface area (Å²) in [4.78, 5) is 14.1. The molecule has 0 aliphatic carbocycles. The molecule has 0 aromatic rings. The fourth-order valence-corrected chi connectivity index (χ4v) is 2.12. The number of nitrogens with zero attached hydrogens (tertiary/aromatic N) is 1. The number of amides is 1. The molecular formula is C11H23N3O2. The van der Waals surface area contributed by atoms with Crippen LogP contribution in [0.15, 0.2) is 0 Å². The molecule has 1 heterocycles. The fraction of sp³-hybridized carbons (Fsp3) is 0.909. The molecule has 1 fully saturated rings. The van der Waals surface area contributed by atoms with Crippen molar-refractivity contribution in [1.29, 1.82) is 0 Å². The molecular weight excluding hydrogens is 206 g/mol. The average molecular weight is 229 g/mol.